The monoisotopic (exact) mass is 264 g/mol. The summed E-state index contributed by atoms with van der Waals surface area (Å²) in [5.41, 5.74) is 1.37. The summed E-state index contributed by atoms with van der Waals surface area (Å²) in [5.74, 6) is -0.0349. The van der Waals surface area contributed by atoms with Crippen LogP contribution in [0.3, 0.4) is 0 Å². The summed E-state index contributed by atoms with van der Waals surface area (Å²) in [6.45, 7) is 9.48. The van der Waals surface area contributed by atoms with E-state index in [1.165, 1.54) is 31.2 Å². The average Bonchev–Trinajstić information content (AvgIpc) is 2.24. The molecule has 1 aromatic carbocycles. The van der Waals surface area contributed by atoms with Gasteiger partial charge in [0.05, 0.1) is 4.91 Å². The van der Waals surface area contributed by atoms with E-state index in [-0.39, 0.29) is 17.0 Å². The Balaban J connectivity index is 2.94. The summed E-state index contributed by atoms with van der Waals surface area (Å²) in [6.07, 6.45) is 0. The predicted molar refractivity (Wildman–Crippen MR) is 77.0 cm³/mol. The molecule has 1 aromatic rings. The molecule has 0 aliphatic rings. The first-order valence-corrected chi connectivity index (χ1v) is 6.72. The molecule has 1 rings (SSSR count). The van der Waals surface area contributed by atoms with Crippen LogP contribution in [0.4, 0.5) is 0 Å². The van der Waals surface area contributed by atoms with E-state index in [0.717, 1.165) is 4.90 Å². The molecule has 18 heavy (non-hydrogen) atoms. The van der Waals surface area contributed by atoms with E-state index in [1.807, 2.05) is 12.1 Å². The summed E-state index contributed by atoms with van der Waals surface area (Å²) >= 11 is 1.30. The van der Waals surface area contributed by atoms with Gasteiger partial charge in [0.2, 0.25) is 0 Å². The Kier molecular flexibility index (Phi) is 4.63. The van der Waals surface area contributed by atoms with Crippen LogP contribution in [0.25, 0.3) is 0 Å². The molecule has 0 fully saturated rings. The van der Waals surface area contributed by atoms with Crippen molar-refractivity contribution < 1.29 is 9.90 Å². The number of ketones is 1. The number of hydrogen-bond donors (Lipinski definition) is 1. The van der Waals surface area contributed by atoms with Gasteiger partial charge in [-0.15, -0.1) is 0 Å². The molecule has 0 aromatic heterocycles. The van der Waals surface area contributed by atoms with Crippen molar-refractivity contribution in [2.45, 2.75) is 44.9 Å². The minimum Gasteiger partial charge on any atom is -0.511 e. The number of Topliss-reactive ketones (excluding diaryl/α,β-unsaturated/α-hetero) is 1. The van der Waals surface area contributed by atoms with E-state index in [0.29, 0.717) is 4.91 Å². The third-order valence-corrected chi connectivity index (χ3v) is 3.88. The Hall–Kier alpha value is -1.22. The minimum atomic E-state index is -0.111. The average molecular weight is 264 g/mol. The highest BCUT2D eigenvalue weighted by molar-refractivity contribution is 8.04. The molecule has 0 radical (unpaired) electrons. The smallest absolute Gasteiger partial charge is 0.169 e. The molecule has 0 saturated heterocycles. The lowest BCUT2D eigenvalue weighted by Crippen LogP contribution is -2.10. The first-order valence-electron chi connectivity index (χ1n) is 5.91. The molecule has 0 aliphatic carbocycles. The van der Waals surface area contributed by atoms with Crippen LogP contribution in [0, 0.1) is 0 Å². The standard InChI is InChI=1S/C15H20O2S/c1-10(16)14(11(2)17)18-13-8-6-12(7-9-13)15(3,4)5/h6-9,16H,1-5H3. The number of aliphatic hydroxyl groups excluding tert-OH is 1. The van der Waals surface area contributed by atoms with E-state index in [1.54, 1.807) is 0 Å². The van der Waals surface area contributed by atoms with Crippen LogP contribution in [0.1, 0.15) is 40.2 Å². The first-order chi connectivity index (χ1) is 8.21. The molecule has 3 heteroatoms. The number of aliphatic hydroxyl groups is 1. The van der Waals surface area contributed by atoms with Crippen molar-refractivity contribution in [2.24, 2.45) is 0 Å². The lowest BCUT2D eigenvalue weighted by atomic mass is 9.87. The third-order valence-electron chi connectivity index (χ3n) is 2.59. The van der Waals surface area contributed by atoms with Gasteiger partial charge in [0.15, 0.2) is 5.78 Å². The maximum Gasteiger partial charge on any atom is 0.169 e. The molecular formula is C15H20O2S. The van der Waals surface area contributed by atoms with E-state index in [2.05, 4.69) is 32.9 Å². The van der Waals surface area contributed by atoms with Crippen LogP contribution in [-0.2, 0) is 10.2 Å². The van der Waals surface area contributed by atoms with Gasteiger partial charge in [0, 0.05) is 4.90 Å². The zero-order valence-electron chi connectivity index (χ0n) is 11.6. The number of rotatable bonds is 3. The quantitative estimate of drug-likeness (QED) is 0.497. The summed E-state index contributed by atoms with van der Waals surface area (Å²) in [7, 11) is 0. The Bertz CT molecular complexity index is 460. The van der Waals surface area contributed by atoms with E-state index in [4.69, 9.17) is 0 Å². The van der Waals surface area contributed by atoms with Crippen molar-refractivity contribution in [3.8, 4) is 0 Å². The zero-order chi connectivity index (χ0) is 13.9. The van der Waals surface area contributed by atoms with Gasteiger partial charge in [0.1, 0.15) is 5.76 Å². The number of thioether (sulfide) groups is 1. The maximum absolute atomic E-state index is 11.4. The van der Waals surface area contributed by atoms with Crippen LogP contribution >= 0.6 is 11.8 Å². The van der Waals surface area contributed by atoms with E-state index >= 15 is 0 Å². The Morgan fingerprint density at radius 3 is 1.94 bits per heavy atom. The highest BCUT2D eigenvalue weighted by Gasteiger charge is 2.14. The second-order valence-electron chi connectivity index (χ2n) is 5.35. The van der Waals surface area contributed by atoms with E-state index < -0.39 is 0 Å². The SMILES string of the molecule is CC(=O)C(Sc1ccc(C(C)(C)C)cc1)=C(C)O. The second-order valence-corrected chi connectivity index (χ2v) is 6.43. The van der Waals surface area contributed by atoms with Gasteiger partial charge >= 0.3 is 0 Å². The van der Waals surface area contributed by atoms with Crippen LogP contribution < -0.4 is 0 Å². The molecule has 98 valence electrons. The zero-order valence-corrected chi connectivity index (χ0v) is 12.4. The summed E-state index contributed by atoms with van der Waals surface area (Å²) in [5, 5.41) is 9.47. The molecule has 0 amide bonds. The molecular weight excluding hydrogens is 244 g/mol. The second kappa shape index (κ2) is 5.61. The lowest BCUT2D eigenvalue weighted by Gasteiger charge is -2.19. The molecule has 2 nitrogen and oxygen atoms in total. The number of hydrogen-bond acceptors (Lipinski definition) is 3. The van der Waals surface area contributed by atoms with Crippen molar-refractivity contribution in [2.75, 3.05) is 0 Å². The van der Waals surface area contributed by atoms with Gasteiger partial charge in [-0.1, -0.05) is 44.7 Å². The van der Waals surface area contributed by atoms with Crippen molar-refractivity contribution in [1.82, 2.24) is 0 Å². The van der Waals surface area contributed by atoms with Gasteiger partial charge in [-0.3, -0.25) is 4.79 Å². The molecule has 1 N–H and O–H groups in total. The predicted octanol–water partition coefficient (Wildman–Crippen LogP) is 4.45. The topological polar surface area (TPSA) is 37.3 Å². The summed E-state index contributed by atoms with van der Waals surface area (Å²) in [6, 6.07) is 8.09. The summed E-state index contributed by atoms with van der Waals surface area (Å²) < 4.78 is 0. The van der Waals surface area contributed by atoms with Gasteiger partial charge in [0.25, 0.3) is 0 Å². The highest BCUT2D eigenvalue weighted by atomic mass is 32.2. The van der Waals surface area contributed by atoms with E-state index in [9.17, 15) is 9.90 Å². The Morgan fingerprint density at radius 2 is 1.61 bits per heavy atom. The van der Waals surface area contributed by atoms with Crippen LogP contribution in [0.5, 0.6) is 0 Å². The van der Waals surface area contributed by atoms with Gasteiger partial charge in [-0.2, -0.15) is 0 Å². The summed E-state index contributed by atoms with van der Waals surface area (Å²) in [4.78, 5) is 12.7. The molecule has 0 bridgehead atoms. The molecule has 0 heterocycles. The van der Waals surface area contributed by atoms with Crippen LogP contribution in [0.15, 0.2) is 39.8 Å². The Labute approximate surface area is 113 Å². The fourth-order valence-corrected chi connectivity index (χ4v) is 2.34. The maximum atomic E-state index is 11.4. The largest absolute Gasteiger partial charge is 0.511 e. The fourth-order valence-electron chi connectivity index (χ4n) is 1.54. The molecule has 0 saturated carbocycles. The molecule has 0 unspecified atom stereocenters. The van der Waals surface area contributed by atoms with Crippen molar-refractivity contribution in [3.05, 3.63) is 40.5 Å². The molecule has 0 spiro atoms. The van der Waals surface area contributed by atoms with Crippen LogP contribution in [-0.4, -0.2) is 10.9 Å². The first kappa shape index (κ1) is 14.8. The molecule has 0 atom stereocenters. The van der Waals surface area contributed by atoms with Crippen molar-refractivity contribution in [3.63, 3.8) is 0 Å². The van der Waals surface area contributed by atoms with Gasteiger partial charge < -0.3 is 5.11 Å². The normalized spacial score (nSPS) is 13.2. The number of carbonyl (C=O) groups excluding carboxylic acids is 1. The minimum absolute atomic E-state index is 0.0763. The van der Waals surface area contributed by atoms with Crippen molar-refractivity contribution in [1.29, 1.82) is 0 Å². The Morgan fingerprint density at radius 1 is 1.11 bits per heavy atom. The molecule has 0 aliphatic heterocycles. The van der Waals surface area contributed by atoms with Gasteiger partial charge in [-0.05, 0) is 37.0 Å². The van der Waals surface area contributed by atoms with Gasteiger partial charge in [-0.25, -0.2) is 0 Å². The number of allylic oxidation sites excluding steroid dienone is 2. The van der Waals surface area contributed by atoms with Crippen LogP contribution in [0.2, 0.25) is 0 Å². The highest BCUT2D eigenvalue weighted by Crippen LogP contribution is 2.31. The number of carbonyl (C=O) groups is 1. The number of benzene rings is 1. The third kappa shape index (κ3) is 3.91. The fraction of sp³-hybridized carbons (Fsp3) is 0.400. The lowest BCUT2D eigenvalue weighted by molar-refractivity contribution is -0.113. The van der Waals surface area contributed by atoms with Crippen molar-refractivity contribution >= 4 is 17.5 Å².